The fourth-order valence-corrected chi connectivity index (χ4v) is 1.93. The quantitative estimate of drug-likeness (QED) is 0.514. The van der Waals surface area contributed by atoms with Gasteiger partial charge in [-0.05, 0) is 19.3 Å². The molecule has 6 heteroatoms. The molecule has 6 nitrogen and oxygen atoms in total. The van der Waals surface area contributed by atoms with E-state index in [1.807, 2.05) is 6.07 Å². The van der Waals surface area contributed by atoms with Crippen molar-refractivity contribution in [2.45, 2.75) is 45.6 Å². The molecule has 0 saturated heterocycles. The maximum atomic E-state index is 8.73. The van der Waals surface area contributed by atoms with Gasteiger partial charge in [0.15, 0.2) is 5.82 Å². The summed E-state index contributed by atoms with van der Waals surface area (Å²) >= 11 is 0. The molecule has 0 saturated carbocycles. The largest absolute Gasteiger partial charge is 0.396 e. The fraction of sp³-hybridized carbons (Fsp3) is 0.733. The van der Waals surface area contributed by atoms with E-state index >= 15 is 0 Å². The van der Waals surface area contributed by atoms with Gasteiger partial charge in [0.25, 0.3) is 0 Å². The zero-order valence-corrected chi connectivity index (χ0v) is 13.2. The van der Waals surface area contributed by atoms with Crippen LogP contribution in [-0.4, -0.2) is 41.9 Å². The van der Waals surface area contributed by atoms with Gasteiger partial charge in [0.1, 0.15) is 18.2 Å². The summed E-state index contributed by atoms with van der Waals surface area (Å²) in [7, 11) is 1.64. The lowest BCUT2D eigenvalue weighted by atomic mass is 10.2. The highest BCUT2D eigenvalue weighted by Crippen LogP contribution is 2.12. The van der Waals surface area contributed by atoms with Crippen molar-refractivity contribution in [1.82, 2.24) is 9.97 Å². The molecule has 21 heavy (non-hydrogen) atoms. The zero-order chi connectivity index (χ0) is 15.3. The number of unbranched alkanes of at least 4 members (excludes halogenated alkanes) is 3. The smallest absolute Gasteiger partial charge is 0.158 e. The Hall–Kier alpha value is -1.40. The number of hydrogen-bond donors (Lipinski definition) is 3. The molecule has 0 bridgehead atoms. The second-order valence-corrected chi connectivity index (χ2v) is 4.98. The van der Waals surface area contributed by atoms with Crippen LogP contribution in [0.2, 0.25) is 0 Å². The molecule has 0 atom stereocenters. The van der Waals surface area contributed by atoms with Gasteiger partial charge in [0, 0.05) is 32.9 Å². The standard InChI is InChI=1S/C15H28N4O2/c1-3-8-16-13-11-14(19-15(18-13)12-21-2)17-9-6-4-5-7-10-20/h11,20H,3-10,12H2,1-2H3,(H2,16,17,18,19). The Bertz CT molecular complexity index is 388. The Labute approximate surface area is 127 Å². The molecule has 0 fully saturated rings. The highest BCUT2D eigenvalue weighted by Gasteiger charge is 2.04. The molecule has 0 aromatic carbocycles. The summed E-state index contributed by atoms with van der Waals surface area (Å²) in [6.07, 6.45) is 5.19. The van der Waals surface area contributed by atoms with Crippen molar-refractivity contribution >= 4 is 11.6 Å². The lowest BCUT2D eigenvalue weighted by Gasteiger charge is -2.11. The summed E-state index contributed by atoms with van der Waals surface area (Å²) in [6, 6.07) is 1.93. The lowest BCUT2D eigenvalue weighted by Crippen LogP contribution is -2.10. The van der Waals surface area contributed by atoms with Crippen molar-refractivity contribution in [3.63, 3.8) is 0 Å². The molecular formula is C15H28N4O2. The molecule has 1 aromatic heterocycles. The minimum atomic E-state index is 0.284. The van der Waals surface area contributed by atoms with Crippen molar-refractivity contribution in [1.29, 1.82) is 0 Å². The monoisotopic (exact) mass is 296 g/mol. The van der Waals surface area contributed by atoms with Gasteiger partial charge >= 0.3 is 0 Å². The van der Waals surface area contributed by atoms with Gasteiger partial charge in [-0.3, -0.25) is 0 Å². The van der Waals surface area contributed by atoms with E-state index in [0.717, 1.165) is 56.8 Å². The number of ether oxygens (including phenoxy) is 1. The predicted octanol–water partition coefficient (Wildman–Crippen LogP) is 2.41. The van der Waals surface area contributed by atoms with Gasteiger partial charge < -0.3 is 20.5 Å². The van der Waals surface area contributed by atoms with E-state index in [2.05, 4.69) is 27.5 Å². The molecule has 0 aliphatic carbocycles. The molecule has 0 spiro atoms. The molecule has 3 N–H and O–H groups in total. The van der Waals surface area contributed by atoms with Crippen LogP contribution < -0.4 is 10.6 Å². The number of aromatic nitrogens is 2. The second kappa shape index (κ2) is 11.3. The molecule has 0 aliphatic rings. The molecule has 1 aromatic rings. The number of rotatable bonds is 12. The number of anilines is 2. The van der Waals surface area contributed by atoms with Gasteiger partial charge in [-0.1, -0.05) is 19.8 Å². The van der Waals surface area contributed by atoms with Crippen LogP contribution in [-0.2, 0) is 11.3 Å². The SMILES string of the molecule is CCCNc1cc(NCCCCCCO)nc(COC)n1. The number of hydrogen-bond acceptors (Lipinski definition) is 6. The minimum absolute atomic E-state index is 0.284. The van der Waals surface area contributed by atoms with Gasteiger partial charge in [0.2, 0.25) is 0 Å². The van der Waals surface area contributed by atoms with E-state index in [1.54, 1.807) is 7.11 Å². The van der Waals surface area contributed by atoms with E-state index in [9.17, 15) is 0 Å². The summed E-state index contributed by atoms with van der Waals surface area (Å²) in [4.78, 5) is 8.85. The number of nitrogens with one attached hydrogen (secondary N) is 2. The van der Waals surface area contributed by atoms with E-state index in [1.165, 1.54) is 0 Å². The maximum absolute atomic E-state index is 8.73. The summed E-state index contributed by atoms with van der Waals surface area (Å²) in [5, 5.41) is 15.3. The van der Waals surface area contributed by atoms with Crippen molar-refractivity contribution < 1.29 is 9.84 Å². The Kier molecular flexibility index (Phi) is 9.48. The molecule has 0 aliphatic heterocycles. The van der Waals surface area contributed by atoms with E-state index < -0.39 is 0 Å². The van der Waals surface area contributed by atoms with E-state index in [4.69, 9.17) is 9.84 Å². The molecular weight excluding hydrogens is 268 g/mol. The maximum Gasteiger partial charge on any atom is 0.158 e. The van der Waals surface area contributed by atoms with Gasteiger partial charge in [0.05, 0.1) is 0 Å². The van der Waals surface area contributed by atoms with Crippen LogP contribution in [0.1, 0.15) is 44.9 Å². The summed E-state index contributed by atoms with van der Waals surface area (Å²) in [5.74, 6) is 2.35. The van der Waals surface area contributed by atoms with Gasteiger partial charge in [-0.25, -0.2) is 9.97 Å². The van der Waals surface area contributed by atoms with Crippen LogP contribution >= 0.6 is 0 Å². The van der Waals surface area contributed by atoms with Crippen molar-refractivity contribution in [3.05, 3.63) is 11.9 Å². The molecule has 1 heterocycles. The third-order valence-corrected chi connectivity index (χ3v) is 2.99. The van der Waals surface area contributed by atoms with E-state index in [0.29, 0.717) is 12.4 Å². The lowest BCUT2D eigenvalue weighted by molar-refractivity contribution is 0.178. The first-order valence-corrected chi connectivity index (χ1v) is 7.75. The third kappa shape index (κ3) is 7.82. The Morgan fingerprint density at radius 2 is 1.71 bits per heavy atom. The van der Waals surface area contributed by atoms with Gasteiger partial charge in [-0.2, -0.15) is 0 Å². The summed E-state index contributed by atoms with van der Waals surface area (Å²) in [6.45, 7) is 4.58. The summed E-state index contributed by atoms with van der Waals surface area (Å²) in [5.41, 5.74) is 0. The average Bonchev–Trinajstić information content (AvgIpc) is 2.49. The van der Waals surface area contributed by atoms with Gasteiger partial charge in [-0.15, -0.1) is 0 Å². The van der Waals surface area contributed by atoms with E-state index in [-0.39, 0.29) is 6.61 Å². The molecule has 120 valence electrons. The first-order chi connectivity index (χ1) is 10.3. The number of aliphatic hydroxyl groups excluding tert-OH is 1. The van der Waals surface area contributed by atoms with Crippen molar-refractivity contribution in [2.75, 3.05) is 37.4 Å². The highest BCUT2D eigenvalue weighted by molar-refractivity contribution is 5.47. The van der Waals surface area contributed by atoms with Crippen LogP contribution in [0.5, 0.6) is 0 Å². The van der Waals surface area contributed by atoms with Crippen molar-refractivity contribution in [3.8, 4) is 0 Å². The zero-order valence-electron chi connectivity index (χ0n) is 13.2. The Morgan fingerprint density at radius 1 is 1.05 bits per heavy atom. The number of methoxy groups -OCH3 is 1. The topological polar surface area (TPSA) is 79.3 Å². The summed E-state index contributed by atoms with van der Waals surface area (Å²) < 4.78 is 5.11. The Morgan fingerprint density at radius 3 is 2.33 bits per heavy atom. The number of nitrogens with zero attached hydrogens (tertiary/aromatic N) is 2. The highest BCUT2D eigenvalue weighted by atomic mass is 16.5. The average molecular weight is 296 g/mol. The van der Waals surface area contributed by atoms with Crippen LogP contribution in [0.3, 0.4) is 0 Å². The third-order valence-electron chi connectivity index (χ3n) is 2.99. The second-order valence-electron chi connectivity index (χ2n) is 4.98. The van der Waals surface area contributed by atoms with Crippen LogP contribution in [0.25, 0.3) is 0 Å². The first-order valence-electron chi connectivity index (χ1n) is 7.75. The van der Waals surface area contributed by atoms with Crippen LogP contribution in [0.4, 0.5) is 11.6 Å². The van der Waals surface area contributed by atoms with Crippen molar-refractivity contribution in [2.24, 2.45) is 0 Å². The molecule has 0 radical (unpaired) electrons. The normalized spacial score (nSPS) is 10.6. The first kappa shape index (κ1) is 17.7. The number of aliphatic hydroxyl groups is 1. The molecule has 1 rings (SSSR count). The molecule has 0 unspecified atom stereocenters. The van der Waals surface area contributed by atoms with Crippen LogP contribution in [0, 0.1) is 0 Å². The minimum Gasteiger partial charge on any atom is -0.396 e. The van der Waals surface area contributed by atoms with Crippen LogP contribution in [0.15, 0.2) is 6.07 Å². The predicted molar refractivity (Wildman–Crippen MR) is 85.6 cm³/mol. The molecule has 0 amide bonds. The Balaban J connectivity index is 2.48. The fourth-order valence-electron chi connectivity index (χ4n) is 1.93.